The quantitative estimate of drug-likeness (QED) is 0.577. The fourth-order valence-corrected chi connectivity index (χ4v) is 2.98. The molecule has 0 heterocycles. The molecule has 1 rings (SSSR count). The van der Waals surface area contributed by atoms with Crippen molar-refractivity contribution in [2.24, 2.45) is 0 Å². The summed E-state index contributed by atoms with van der Waals surface area (Å²) in [7, 11) is -1.31. The van der Waals surface area contributed by atoms with Crippen LogP contribution in [0.15, 0.2) is 36.5 Å². The SMILES string of the molecule is C=C[Si](C)(C)CCCNc1cccc(C(F)(F)F)c1. The van der Waals surface area contributed by atoms with Gasteiger partial charge in [-0.2, -0.15) is 13.2 Å². The Morgan fingerprint density at radius 2 is 2.00 bits per heavy atom. The van der Waals surface area contributed by atoms with Crippen LogP contribution < -0.4 is 5.32 Å². The van der Waals surface area contributed by atoms with E-state index in [2.05, 4.69) is 25.0 Å². The van der Waals surface area contributed by atoms with Gasteiger partial charge in [-0.25, -0.2) is 0 Å². The molecular weight excluding hydrogens is 267 g/mol. The van der Waals surface area contributed by atoms with Crippen molar-refractivity contribution in [1.29, 1.82) is 0 Å². The minimum Gasteiger partial charge on any atom is -0.385 e. The molecule has 0 fully saturated rings. The van der Waals surface area contributed by atoms with E-state index in [-0.39, 0.29) is 0 Å². The monoisotopic (exact) mass is 287 g/mol. The molecule has 0 aromatic heterocycles. The molecule has 0 spiro atoms. The Hall–Kier alpha value is -1.23. The van der Waals surface area contributed by atoms with Crippen molar-refractivity contribution < 1.29 is 13.2 Å². The number of alkyl halides is 3. The molecule has 0 saturated carbocycles. The predicted octanol–water partition coefficient (Wildman–Crippen LogP) is 4.94. The van der Waals surface area contributed by atoms with Gasteiger partial charge >= 0.3 is 6.18 Å². The van der Waals surface area contributed by atoms with Crippen molar-refractivity contribution in [2.75, 3.05) is 11.9 Å². The number of nitrogens with one attached hydrogen (secondary N) is 1. The van der Waals surface area contributed by atoms with Crippen LogP contribution in [0.25, 0.3) is 0 Å². The molecule has 1 nitrogen and oxygen atoms in total. The normalized spacial score (nSPS) is 12.3. The molecule has 106 valence electrons. The third-order valence-electron chi connectivity index (χ3n) is 3.07. The summed E-state index contributed by atoms with van der Waals surface area (Å²) in [5, 5.41) is 3.04. The maximum Gasteiger partial charge on any atom is 0.416 e. The second kappa shape index (κ2) is 6.28. The lowest BCUT2D eigenvalue weighted by Crippen LogP contribution is -2.22. The van der Waals surface area contributed by atoms with Crippen molar-refractivity contribution in [2.45, 2.75) is 31.7 Å². The van der Waals surface area contributed by atoms with E-state index in [9.17, 15) is 13.2 Å². The van der Waals surface area contributed by atoms with Gasteiger partial charge in [0.25, 0.3) is 0 Å². The molecule has 0 aliphatic rings. The molecule has 0 amide bonds. The zero-order chi connectivity index (χ0) is 14.5. The highest BCUT2D eigenvalue weighted by atomic mass is 28.3. The van der Waals surface area contributed by atoms with Gasteiger partial charge in [-0.15, -0.1) is 12.3 Å². The summed E-state index contributed by atoms with van der Waals surface area (Å²) >= 11 is 0. The van der Waals surface area contributed by atoms with E-state index in [0.717, 1.165) is 24.6 Å². The van der Waals surface area contributed by atoms with Crippen LogP contribution in [0.2, 0.25) is 19.1 Å². The first-order valence-corrected chi connectivity index (χ1v) is 9.58. The number of hydrogen-bond donors (Lipinski definition) is 1. The first kappa shape index (κ1) is 15.8. The zero-order valence-electron chi connectivity index (χ0n) is 11.3. The minimum atomic E-state index is -4.28. The van der Waals surface area contributed by atoms with Gasteiger partial charge in [-0.3, -0.25) is 0 Å². The van der Waals surface area contributed by atoms with Gasteiger partial charge in [0.2, 0.25) is 0 Å². The van der Waals surface area contributed by atoms with Crippen molar-refractivity contribution in [3.63, 3.8) is 0 Å². The third kappa shape index (κ3) is 5.51. The highest BCUT2D eigenvalue weighted by Gasteiger charge is 2.30. The molecule has 0 atom stereocenters. The lowest BCUT2D eigenvalue weighted by Gasteiger charge is -2.17. The fraction of sp³-hybridized carbons (Fsp3) is 0.429. The van der Waals surface area contributed by atoms with Crippen molar-refractivity contribution in [3.8, 4) is 0 Å². The van der Waals surface area contributed by atoms with Crippen LogP contribution >= 0.6 is 0 Å². The van der Waals surface area contributed by atoms with E-state index < -0.39 is 19.8 Å². The van der Waals surface area contributed by atoms with Crippen LogP contribution in [0.1, 0.15) is 12.0 Å². The standard InChI is InChI=1S/C14H20F3NSi/c1-4-19(2,3)10-6-9-18-13-8-5-7-12(11-13)14(15,16)17/h4-5,7-8,11,18H,1,6,9-10H2,2-3H3. The largest absolute Gasteiger partial charge is 0.416 e. The van der Waals surface area contributed by atoms with E-state index in [0.29, 0.717) is 12.2 Å². The van der Waals surface area contributed by atoms with Gasteiger partial charge in [0.1, 0.15) is 0 Å². The fourth-order valence-electron chi connectivity index (χ4n) is 1.68. The number of halogens is 3. The molecule has 19 heavy (non-hydrogen) atoms. The first-order valence-electron chi connectivity index (χ1n) is 6.29. The Kier molecular flexibility index (Phi) is 5.23. The molecular formula is C14H20F3NSi. The van der Waals surface area contributed by atoms with Gasteiger partial charge in [0.05, 0.1) is 13.6 Å². The Balaban J connectivity index is 2.48. The van der Waals surface area contributed by atoms with Crippen LogP contribution in [0.4, 0.5) is 18.9 Å². The number of rotatable bonds is 6. The minimum absolute atomic E-state index is 0.521. The lowest BCUT2D eigenvalue weighted by molar-refractivity contribution is -0.137. The van der Waals surface area contributed by atoms with Crippen LogP contribution in [-0.4, -0.2) is 14.6 Å². The van der Waals surface area contributed by atoms with Gasteiger partial charge < -0.3 is 5.32 Å². The van der Waals surface area contributed by atoms with E-state index in [1.165, 1.54) is 6.07 Å². The maximum atomic E-state index is 12.5. The van der Waals surface area contributed by atoms with Crippen molar-refractivity contribution in [1.82, 2.24) is 0 Å². The molecule has 1 aromatic rings. The molecule has 5 heteroatoms. The van der Waals surface area contributed by atoms with Crippen molar-refractivity contribution in [3.05, 3.63) is 42.1 Å². The van der Waals surface area contributed by atoms with E-state index in [1.54, 1.807) is 6.07 Å². The predicted molar refractivity (Wildman–Crippen MR) is 77.0 cm³/mol. The highest BCUT2D eigenvalue weighted by Crippen LogP contribution is 2.30. The third-order valence-corrected chi connectivity index (χ3v) is 5.82. The summed E-state index contributed by atoms with van der Waals surface area (Å²) < 4.78 is 37.6. The molecule has 1 N–H and O–H groups in total. The number of hydrogen-bond acceptors (Lipinski definition) is 1. The summed E-state index contributed by atoms with van der Waals surface area (Å²) in [6, 6.07) is 6.40. The van der Waals surface area contributed by atoms with Gasteiger partial charge in [-0.1, -0.05) is 25.2 Å². The summed E-state index contributed by atoms with van der Waals surface area (Å²) in [6.45, 7) is 8.96. The van der Waals surface area contributed by atoms with Gasteiger partial charge in [-0.05, 0) is 24.6 Å². The Bertz CT molecular complexity index is 427. The van der Waals surface area contributed by atoms with Crippen LogP contribution in [-0.2, 0) is 6.18 Å². The van der Waals surface area contributed by atoms with Gasteiger partial charge in [0.15, 0.2) is 0 Å². The smallest absolute Gasteiger partial charge is 0.385 e. The summed E-state index contributed by atoms with van der Waals surface area (Å²) in [5.74, 6) is 0. The zero-order valence-corrected chi connectivity index (χ0v) is 12.3. The maximum absolute atomic E-state index is 12.5. The Morgan fingerprint density at radius 3 is 2.58 bits per heavy atom. The van der Waals surface area contributed by atoms with E-state index in [4.69, 9.17) is 0 Å². The summed E-state index contributed by atoms with van der Waals surface area (Å²) in [6.07, 6.45) is -3.34. The average molecular weight is 287 g/mol. The topological polar surface area (TPSA) is 12.0 Å². The molecule has 0 aliphatic heterocycles. The van der Waals surface area contributed by atoms with Gasteiger partial charge in [0, 0.05) is 12.2 Å². The number of benzene rings is 1. The Morgan fingerprint density at radius 1 is 1.32 bits per heavy atom. The molecule has 0 unspecified atom stereocenters. The molecule has 1 aromatic carbocycles. The molecule has 0 aliphatic carbocycles. The van der Waals surface area contributed by atoms with Crippen LogP contribution in [0, 0.1) is 0 Å². The second-order valence-electron chi connectivity index (χ2n) is 5.30. The first-order chi connectivity index (χ1) is 8.74. The summed E-state index contributed by atoms with van der Waals surface area (Å²) in [4.78, 5) is 0. The summed E-state index contributed by atoms with van der Waals surface area (Å²) in [5.41, 5.74) is 1.95. The van der Waals surface area contributed by atoms with Crippen LogP contribution in [0.5, 0.6) is 0 Å². The van der Waals surface area contributed by atoms with E-state index in [1.807, 2.05) is 5.70 Å². The molecule has 0 radical (unpaired) electrons. The Labute approximate surface area is 113 Å². The lowest BCUT2D eigenvalue weighted by atomic mass is 10.2. The second-order valence-corrected chi connectivity index (χ2v) is 10.2. The van der Waals surface area contributed by atoms with Crippen LogP contribution in [0.3, 0.4) is 0 Å². The highest BCUT2D eigenvalue weighted by molar-refractivity contribution is 6.82. The molecule has 0 bridgehead atoms. The molecule has 0 saturated heterocycles. The van der Waals surface area contributed by atoms with E-state index >= 15 is 0 Å². The average Bonchev–Trinajstić information content (AvgIpc) is 2.34. The van der Waals surface area contributed by atoms with Crippen molar-refractivity contribution >= 4 is 13.8 Å². The number of anilines is 1.